The van der Waals surface area contributed by atoms with Crippen LogP contribution in [0.5, 0.6) is 5.75 Å². The maximum absolute atomic E-state index is 10.6. The Hall–Kier alpha value is -3.04. The molecule has 0 fully saturated rings. The number of hydrogen-bond acceptors (Lipinski definition) is 8. The van der Waals surface area contributed by atoms with Crippen LogP contribution in [0.3, 0.4) is 0 Å². The number of nitrogens with two attached hydrogens (primary N) is 1. The molecule has 18 heavy (non-hydrogen) atoms. The highest BCUT2D eigenvalue weighted by Crippen LogP contribution is 2.21. The zero-order chi connectivity index (χ0) is 13.1. The van der Waals surface area contributed by atoms with Gasteiger partial charge in [-0.05, 0) is 16.5 Å². The predicted molar refractivity (Wildman–Crippen MR) is 60.0 cm³/mol. The molecule has 0 spiro atoms. The van der Waals surface area contributed by atoms with E-state index in [1.165, 1.54) is 18.2 Å². The summed E-state index contributed by atoms with van der Waals surface area (Å²) in [5.41, 5.74) is 5.35. The zero-order valence-electron chi connectivity index (χ0n) is 8.83. The molecule has 1 aromatic carbocycles. The first-order valence-electron chi connectivity index (χ1n) is 4.63. The Morgan fingerprint density at radius 2 is 2.33 bits per heavy atom. The fourth-order valence-electron chi connectivity index (χ4n) is 1.15. The van der Waals surface area contributed by atoms with Crippen molar-refractivity contribution in [2.45, 2.75) is 0 Å². The molecule has 1 aromatic heterocycles. The molecule has 10 heteroatoms. The van der Waals surface area contributed by atoms with Gasteiger partial charge in [0.1, 0.15) is 5.75 Å². The number of aromatic nitrogens is 4. The third kappa shape index (κ3) is 2.21. The minimum Gasteiger partial charge on any atom is -0.507 e. The fourth-order valence-corrected chi connectivity index (χ4v) is 1.15. The van der Waals surface area contributed by atoms with Crippen LogP contribution in [-0.4, -0.2) is 36.6 Å². The molecule has 0 saturated carbocycles. The van der Waals surface area contributed by atoms with Gasteiger partial charge in [0.2, 0.25) is 0 Å². The molecule has 10 nitrogen and oxygen atoms in total. The van der Waals surface area contributed by atoms with Gasteiger partial charge in [0, 0.05) is 17.7 Å². The van der Waals surface area contributed by atoms with Crippen LogP contribution in [0.25, 0.3) is 0 Å². The normalized spacial score (nSPS) is 10.9. The van der Waals surface area contributed by atoms with Gasteiger partial charge in [0.15, 0.2) is 0 Å². The quantitative estimate of drug-likeness (QED) is 0.433. The van der Waals surface area contributed by atoms with Crippen molar-refractivity contribution in [3.63, 3.8) is 0 Å². The highest BCUT2D eigenvalue weighted by atomic mass is 16.6. The number of nitrogens with zero attached hydrogens (tertiary/aromatic N) is 6. The SMILES string of the molecule is Nc1nnnn1N=Cc1cc([N+](=O)[O-])ccc1O. The van der Waals surface area contributed by atoms with E-state index < -0.39 is 4.92 Å². The van der Waals surface area contributed by atoms with Crippen molar-refractivity contribution in [1.82, 2.24) is 20.3 Å². The van der Waals surface area contributed by atoms with Crippen LogP contribution in [0.2, 0.25) is 0 Å². The van der Waals surface area contributed by atoms with Crippen LogP contribution in [-0.2, 0) is 0 Å². The Kier molecular flexibility index (Phi) is 2.83. The first kappa shape index (κ1) is 11.4. The summed E-state index contributed by atoms with van der Waals surface area (Å²) < 4.78 is 0. The molecule has 2 aromatic rings. The third-order valence-corrected chi connectivity index (χ3v) is 2.00. The van der Waals surface area contributed by atoms with Crippen LogP contribution < -0.4 is 5.73 Å². The summed E-state index contributed by atoms with van der Waals surface area (Å²) >= 11 is 0. The molecule has 0 aliphatic heterocycles. The number of anilines is 1. The van der Waals surface area contributed by atoms with Gasteiger partial charge in [0.05, 0.1) is 11.1 Å². The Morgan fingerprint density at radius 1 is 1.56 bits per heavy atom. The van der Waals surface area contributed by atoms with Crippen LogP contribution >= 0.6 is 0 Å². The van der Waals surface area contributed by atoms with E-state index >= 15 is 0 Å². The molecule has 0 saturated heterocycles. The van der Waals surface area contributed by atoms with E-state index in [0.717, 1.165) is 11.0 Å². The molecule has 3 N–H and O–H groups in total. The smallest absolute Gasteiger partial charge is 0.270 e. The number of nitro groups is 1. The Balaban J connectivity index is 2.34. The minimum atomic E-state index is -0.581. The van der Waals surface area contributed by atoms with Gasteiger partial charge in [-0.15, -0.1) is 0 Å². The zero-order valence-corrected chi connectivity index (χ0v) is 8.83. The number of tetrazole rings is 1. The molecular formula is C8H7N7O3. The molecule has 2 rings (SSSR count). The molecule has 0 radical (unpaired) electrons. The molecule has 0 unspecified atom stereocenters. The van der Waals surface area contributed by atoms with Crippen molar-refractivity contribution in [3.8, 4) is 5.75 Å². The summed E-state index contributed by atoms with van der Waals surface area (Å²) in [7, 11) is 0. The van der Waals surface area contributed by atoms with Crippen molar-refractivity contribution < 1.29 is 10.0 Å². The van der Waals surface area contributed by atoms with Crippen LogP contribution in [0.4, 0.5) is 11.6 Å². The van der Waals surface area contributed by atoms with Crippen molar-refractivity contribution in [3.05, 3.63) is 33.9 Å². The average molecular weight is 249 g/mol. The van der Waals surface area contributed by atoms with Crippen LogP contribution in [0.15, 0.2) is 23.3 Å². The van der Waals surface area contributed by atoms with Gasteiger partial charge in [-0.25, -0.2) is 0 Å². The summed E-state index contributed by atoms with van der Waals surface area (Å²) in [5, 5.41) is 33.9. The number of non-ortho nitro benzene ring substituents is 1. The number of aromatic hydroxyl groups is 1. The molecule has 0 bridgehead atoms. The van der Waals surface area contributed by atoms with E-state index in [1.807, 2.05) is 0 Å². The molecule has 0 aliphatic carbocycles. The number of rotatable bonds is 3. The predicted octanol–water partition coefficient (Wildman–Crippen LogP) is -0.249. The standard InChI is InChI=1S/C8H7N7O3/c9-8-11-12-13-14(8)10-4-5-3-6(15(17)18)1-2-7(5)16/h1-4,16H,(H2,9,11,13). The maximum atomic E-state index is 10.6. The fraction of sp³-hybridized carbons (Fsp3) is 0. The monoisotopic (exact) mass is 249 g/mol. The highest BCUT2D eigenvalue weighted by Gasteiger charge is 2.09. The van der Waals surface area contributed by atoms with Gasteiger partial charge in [-0.1, -0.05) is 9.89 Å². The van der Waals surface area contributed by atoms with Crippen molar-refractivity contribution in [1.29, 1.82) is 0 Å². The highest BCUT2D eigenvalue weighted by molar-refractivity contribution is 5.84. The number of hydrogen-bond donors (Lipinski definition) is 2. The minimum absolute atomic E-state index is 0.0452. The van der Waals surface area contributed by atoms with Gasteiger partial charge in [-0.3, -0.25) is 10.1 Å². The second-order valence-corrected chi connectivity index (χ2v) is 3.17. The van der Waals surface area contributed by atoms with Crippen LogP contribution in [0.1, 0.15) is 5.56 Å². The Morgan fingerprint density at radius 3 is 2.94 bits per heavy atom. The van der Waals surface area contributed by atoms with E-state index in [4.69, 9.17) is 5.73 Å². The van der Waals surface area contributed by atoms with E-state index in [2.05, 4.69) is 20.6 Å². The Labute approximate surface area is 99.5 Å². The van der Waals surface area contributed by atoms with Crippen molar-refractivity contribution in [2.75, 3.05) is 5.73 Å². The second kappa shape index (κ2) is 4.45. The van der Waals surface area contributed by atoms with Gasteiger partial charge < -0.3 is 10.8 Å². The molecule has 1 heterocycles. The lowest BCUT2D eigenvalue weighted by atomic mass is 10.2. The topological polar surface area (TPSA) is 145 Å². The lowest BCUT2D eigenvalue weighted by molar-refractivity contribution is -0.384. The molecule has 92 valence electrons. The van der Waals surface area contributed by atoms with Gasteiger partial charge >= 0.3 is 0 Å². The summed E-state index contributed by atoms with van der Waals surface area (Å²) in [6.45, 7) is 0. The summed E-state index contributed by atoms with van der Waals surface area (Å²) in [4.78, 5) is 10.9. The Bertz CT molecular complexity index is 621. The van der Waals surface area contributed by atoms with Gasteiger partial charge in [0.25, 0.3) is 11.6 Å². The third-order valence-electron chi connectivity index (χ3n) is 2.00. The first-order valence-corrected chi connectivity index (χ1v) is 4.63. The molecule has 0 atom stereocenters. The van der Waals surface area contributed by atoms with Gasteiger partial charge in [-0.2, -0.15) is 5.10 Å². The lowest BCUT2D eigenvalue weighted by Crippen LogP contribution is -2.00. The molecule has 0 amide bonds. The number of phenols is 1. The van der Waals surface area contributed by atoms with E-state index in [1.54, 1.807) is 0 Å². The number of benzene rings is 1. The van der Waals surface area contributed by atoms with Crippen molar-refractivity contribution in [2.24, 2.45) is 5.10 Å². The summed E-state index contributed by atoms with van der Waals surface area (Å²) in [5.74, 6) is -0.202. The average Bonchev–Trinajstić information content (AvgIpc) is 2.73. The van der Waals surface area contributed by atoms with Crippen LogP contribution in [0, 0.1) is 10.1 Å². The largest absolute Gasteiger partial charge is 0.507 e. The number of phenolic OH excluding ortho intramolecular Hbond substituents is 1. The lowest BCUT2D eigenvalue weighted by Gasteiger charge is -1.98. The van der Waals surface area contributed by atoms with E-state index in [9.17, 15) is 15.2 Å². The maximum Gasteiger partial charge on any atom is 0.270 e. The van der Waals surface area contributed by atoms with E-state index in [0.29, 0.717) is 0 Å². The first-order chi connectivity index (χ1) is 8.58. The summed E-state index contributed by atoms with van der Waals surface area (Å²) in [6, 6.07) is 3.54. The van der Waals surface area contributed by atoms with E-state index in [-0.39, 0.29) is 22.9 Å². The summed E-state index contributed by atoms with van der Waals surface area (Å²) in [6.07, 6.45) is 1.16. The number of nitrogen functional groups attached to an aromatic ring is 1. The second-order valence-electron chi connectivity index (χ2n) is 3.17. The molecule has 0 aliphatic rings. The van der Waals surface area contributed by atoms with Crippen molar-refractivity contribution >= 4 is 17.9 Å². The molecular weight excluding hydrogens is 242 g/mol. The number of nitro benzene ring substituents is 1.